The third kappa shape index (κ3) is 6.27. The number of ether oxygens (including phenoxy) is 2. The predicted octanol–water partition coefficient (Wildman–Crippen LogP) is 5.27. The van der Waals surface area contributed by atoms with Gasteiger partial charge in [0.1, 0.15) is 0 Å². The van der Waals surface area contributed by atoms with Crippen LogP contribution in [0.5, 0.6) is 11.5 Å². The van der Waals surface area contributed by atoms with Gasteiger partial charge in [0.25, 0.3) is 0 Å². The van der Waals surface area contributed by atoms with Crippen LogP contribution in [0.25, 0.3) is 0 Å². The molecule has 0 amide bonds. The van der Waals surface area contributed by atoms with Crippen LogP contribution < -0.4 is 9.47 Å². The summed E-state index contributed by atoms with van der Waals surface area (Å²) in [5.41, 5.74) is 0.824. The van der Waals surface area contributed by atoms with Crippen molar-refractivity contribution in [2.75, 3.05) is 14.2 Å². The lowest BCUT2D eigenvalue weighted by Gasteiger charge is -2.17. The van der Waals surface area contributed by atoms with Crippen LogP contribution in [-0.4, -0.2) is 19.3 Å². The number of hydrogen-bond acceptors (Lipinski definition) is 3. The van der Waals surface area contributed by atoms with E-state index in [0.29, 0.717) is 11.5 Å². The Morgan fingerprint density at radius 2 is 1.55 bits per heavy atom. The Balaban J connectivity index is 2.32. The fourth-order valence-electron chi connectivity index (χ4n) is 2.80. The largest absolute Gasteiger partial charge is 0.493 e. The van der Waals surface area contributed by atoms with E-state index < -0.39 is 6.10 Å². The highest BCUT2D eigenvalue weighted by atomic mass is 16.5. The van der Waals surface area contributed by atoms with Crippen LogP contribution in [0.3, 0.4) is 0 Å². The fraction of sp³-hybridized carbons (Fsp3) is 0.684. The molecular formula is C19H32O3. The van der Waals surface area contributed by atoms with Gasteiger partial charge < -0.3 is 14.6 Å². The van der Waals surface area contributed by atoms with Gasteiger partial charge in [-0.2, -0.15) is 0 Å². The summed E-state index contributed by atoms with van der Waals surface area (Å²) in [5, 5.41) is 10.4. The molecule has 0 saturated heterocycles. The smallest absolute Gasteiger partial charge is 0.166 e. The second kappa shape index (κ2) is 11.4. The normalized spacial score (nSPS) is 12.2. The van der Waals surface area contributed by atoms with Gasteiger partial charge in [-0.1, -0.05) is 70.4 Å². The van der Waals surface area contributed by atoms with Crippen LogP contribution >= 0.6 is 0 Å². The average molecular weight is 308 g/mol. The maximum atomic E-state index is 10.4. The van der Waals surface area contributed by atoms with Crippen LogP contribution in [0.1, 0.15) is 76.4 Å². The Morgan fingerprint density at radius 1 is 0.909 bits per heavy atom. The van der Waals surface area contributed by atoms with E-state index in [1.54, 1.807) is 14.2 Å². The fourth-order valence-corrected chi connectivity index (χ4v) is 2.80. The lowest BCUT2D eigenvalue weighted by Crippen LogP contribution is -2.02. The number of unbranched alkanes of at least 4 members (excludes halogenated alkanes) is 7. The topological polar surface area (TPSA) is 38.7 Å². The summed E-state index contributed by atoms with van der Waals surface area (Å²) < 4.78 is 10.7. The molecule has 0 unspecified atom stereocenters. The van der Waals surface area contributed by atoms with Gasteiger partial charge in [-0.15, -0.1) is 0 Å². The molecule has 0 radical (unpaired) electrons. The van der Waals surface area contributed by atoms with E-state index >= 15 is 0 Å². The Hall–Kier alpha value is -1.22. The minimum atomic E-state index is -0.481. The summed E-state index contributed by atoms with van der Waals surface area (Å²) >= 11 is 0. The quantitative estimate of drug-likeness (QED) is 0.535. The van der Waals surface area contributed by atoms with E-state index in [4.69, 9.17) is 9.47 Å². The van der Waals surface area contributed by atoms with Gasteiger partial charge in [0.15, 0.2) is 11.5 Å². The van der Waals surface area contributed by atoms with Crippen LogP contribution in [0, 0.1) is 0 Å². The summed E-state index contributed by atoms with van der Waals surface area (Å²) in [6.07, 6.45) is 10.5. The van der Waals surface area contributed by atoms with Crippen molar-refractivity contribution < 1.29 is 14.6 Å². The molecule has 0 heterocycles. The van der Waals surface area contributed by atoms with Crippen LogP contribution in [0.15, 0.2) is 18.2 Å². The average Bonchev–Trinajstić information content (AvgIpc) is 2.56. The SMILES string of the molecule is CCCCCCCCCC[C@H](O)c1cccc(OC)c1OC. The van der Waals surface area contributed by atoms with Crippen molar-refractivity contribution in [2.45, 2.75) is 70.8 Å². The second-order valence-corrected chi connectivity index (χ2v) is 5.86. The molecule has 0 fully saturated rings. The van der Waals surface area contributed by atoms with Gasteiger partial charge in [-0.05, 0) is 12.5 Å². The van der Waals surface area contributed by atoms with E-state index in [1.807, 2.05) is 18.2 Å². The van der Waals surface area contributed by atoms with Crippen molar-refractivity contribution in [3.63, 3.8) is 0 Å². The van der Waals surface area contributed by atoms with E-state index in [-0.39, 0.29) is 0 Å². The van der Waals surface area contributed by atoms with Crippen molar-refractivity contribution in [3.8, 4) is 11.5 Å². The maximum Gasteiger partial charge on any atom is 0.166 e. The first-order valence-electron chi connectivity index (χ1n) is 8.63. The zero-order valence-electron chi connectivity index (χ0n) is 14.4. The standard InChI is InChI=1S/C19H32O3/c1-4-5-6-7-8-9-10-11-14-17(20)16-13-12-15-18(21-2)19(16)22-3/h12-13,15,17,20H,4-11,14H2,1-3H3/t17-/m0/s1. The van der Waals surface area contributed by atoms with E-state index in [1.165, 1.54) is 44.9 Å². The highest BCUT2D eigenvalue weighted by molar-refractivity contribution is 5.47. The number of rotatable bonds is 12. The van der Waals surface area contributed by atoms with Crippen LogP contribution in [0.2, 0.25) is 0 Å². The van der Waals surface area contributed by atoms with Crippen LogP contribution in [0.4, 0.5) is 0 Å². The number of para-hydroxylation sites is 1. The molecular weight excluding hydrogens is 276 g/mol. The summed E-state index contributed by atoms with van der Waals surface area (Å²) in [6.45, 7) is 2.24. The van der Waals surface area contributed by atoms with Crippen molar-refractivity contribution in [1.82, 2.24) is 0 Å². The van der Waals surface area contributed by atoms with Gasteiger partial charge in [-0.3, -0.25) is 0 Å². The van der Waals surface area contributed by atoms with E-state index in [0.717, 1.165) is 18.4 Å². The van der Waals surface area contributed by atoms with Crippen molar-refractivity contribution in [2.24, 2.45) is 0 Å². The van der Waals surface area contributed by atoms with E-state index in [9.17, 15) is 5.11 Å². The molecule has 1 N–H and O–H groups in total. The highest BCUT2D eigenvalue weighted by Crippen LogP contribution is 2.36. The molecule has 3 heteroatoms. The summed E-state index contributed by atoms with van der Waals surface area (Å²) in [6, 6.07) is 5.66. The Bertz CT molecular complexity index is 404. The lowest BCUT2D eigenvalue weighted by atomic mass is 10.0. The monoisotopic (exact) mass is 308 g/mol. The predicted molar refractivity (Wildman–Crippen MR) is 91.7 cm³/mol. The van der Waals surface area contributed by atoms with Crippen LogP contribution in [-0.2, 0) is 0 Å². The van der Waals surface area contributed by atoms with Gasteiger partial charge >= 0.3 is 0 Å². The first kappa shape index (κ1) is 18.8. The minimum absolute atomic E-state index is 0.481. The summed E-state index contributed by atoms with van der Waals surface area (Å²) in [7, 11) is 3.23. The molecule has 3 nitrogen and oxygen atoms in total. The van der Waals surface area contributed by atoms with E-state index in [2.05, 4.69) is 6.92 Å². The number of methoxy groups -OCH3 is 2. The first-order chi connectivity index (χ1) is 10.7. The number of benzene rings is 1. The summed E-state index contributed by atoms with van der Waals surface area (Å²) in [5.74, 6) is 1.33. The molecule has 22 heavy (non-hydrogen) atoms. The Morgan fingerprint density at radius 3 is 2.14 bits per heavy atom. The molecule has 0 spiro atoms. The van der Waals surface area contributed by atoms with Gasteiger partial charge in [-0.25, -0.2) is 0 Å². The van der Waals surface area contributed by atoms with Crippen molar-refractivity contribution in [1.29, 1.82) is 0 Å². The number of hydrogen-bond donors (Lipinski definition) is 1. The molecule has 0 aromatic heterocycles. The first-order valence-corrected chi connectivity index (χ1v) is 8.63. The molecule has 0 saturated carbocycles. The van der Waals surface area contributed by atoms with Crippen molar-refractivity contribution >= 4 is 0 Å². The molecule has 1 aromatic carbocycles. The van der Waals surface area contributed by atoms with Gasteiger partial charge in [0.2, 0.25) is 0 Å². The third-order valence-electron chi connectivity index (χ3n) is 4.12. The van der Waals surface area contributed by atoms with Crippen molar-refractivity contribution in [3.05, 3.63) is 23.8 Å². The molecule has 1 rings (SSSR count). The molecule has 1 aromatic rings. The molecule has 1 atom stereocenters. The Labute approximate surface area is 135 Å². The summed E-state index contributed by atoms with van der Waals surface area (Å²) in [4.78, 5) is 0. The number of aliphatic hydroxyl groups excluding tert-OH is 1. The second-order valence-electron chi connectivity index (χ2n) is 5.86. The lowest BCUT2D eigenvalue weighted by molar-refractivity contribution is 0.158. The zero-order chi connectivity index (χ0) is 16.2. The highest BCUT2D eigenvalue weighted by Gasteiger charge is 2.16. The minimum Gasteiger partial charge on any atom is -0.493 e. The molecule has 0 bridgehead atoms. The molecule has 0 aliphatic rings. The number of aliphatic hydroxyl groups is 1. The molecule has 0 aliphatic heterocycles. The molecule has 0 aliphatic carbocycles. The molecule has 126 valence electrons. The zero-order valence-corrected chi connectivity index (χ0v) is 14.4. The van der Waals surface area contributed by atoms with Gasteiger partial charge in [0, 0.05) is 5.56 Å². The Kier molecular flexibility index (Phi) is 9.72. The third-order valence-corrected chi connectivity index (χ3v) is 4.12. The van der Waals surface area contributed by atoms with Gasteiger partial charge in [0.05, 0.1) is 20.3 Å². The maximum absolute atomic E-state index is 10.4.